The zero-order valence-corrected chi connectivity index (χ0v) is 15.0. The highest BCUT2D eigenvalue weighted by molar-refractivity contribution is 6.00. The molecule has 1 amide bonds. The van der Waals surface area contributed by atoms with Crippen LogP contribution in [0.5, 0.6) is 0 Å². The maximum absolute atomic E-state index is 13.1. The standard InChI is InChI=1S/C21H24N2O3/c1-2-3-4-9-14-23-19(17-12-7-8-13-22-17)18(21(25)26)15-10-5-6-11-16(15)20(23)24/h5-8,10-13,18-19H,2-4,9,14H2,1H3,(H,25,26)/t18-,19+/m0/s1. The fourth-order valence-corrected chi connectivity index (χ4v) is 3.69. The summed E-state index contributed by atoms with van der Waals surface area (Å²) in [6.07, 6.45) is 5.74. The number of aromatic nitrogens is 1. The van der Waals surface area contributed by atoms with Gasteiger partial charge in [-0.3, -0.25) is 14.6 Å². The van der Waals surface area contributed by atoms with Gasteiger partial charge in [0.1, 0.15) is 5.92 Å². The molecule has 0 aliphatic carbocycles. The van der Waals surface area contributed by atoms with Gasteiger partial charge < -0.3 is 10.0 Å². The predicted octanol–water partition coefficient (Wildman–Crippen LogP) is 4.03. The van der Waals surface area contributed by atoms with Crippen molar-refractivity contribution in [2.75, 3.05) is 6.54 Å². The Morgan fingerprint density at radius 2 is 1.88 bits per heavy atom. The third kappa shape index (κ3) is 3.47. The molecule has 0 radical (unpaired) electrons. The van der Waals surface area contributed by atoms with E-state index >= 15 is 0 Å². The van der Waals surface area contributed by atoms with Crippen LogP contribution in [0.3, 0.4) is 0 Å². The summed E-state index contributed by atoms with van der Waals surface area (Å²) >= 11 is 0. The monoisotopic (exact) mass is 352 g/mol. The van der Waals surface area contributed by atoms with Crippen LogP contribution in [-0.2, 0) is 4.79 Å². The van der Waals surface area contributed by atoms with Crippen LogP contribution in [0.1, 0.15) is 66.2 Å². The summed E-state index contributed by atoms with van der Waals surface area (Å²) in [6.45, 7) is 2.68. The summed E-state index contributed by atoms with van der Waals surface area (Å²) in [7, 11) is 0. The minimum atomic E-state index is -0.931. The highest BCUT2D eigenvalue weighted by Crippen LogP contribution is 2.42. The molecular formula is C21H24N2O3. The van der Waals surface area contributed by atoms with Crippen molar-refractivity contribution in [3.8, 4) is 0 Å². The van der Waals surface area contributed by atoms with E-state index in [4.69, 9.17) is 0 Å². The average Bonchev–Trinajstić information content (AvgIpc) is 2.66. The van der Waals surface area contributed by atoms with Crippen molar-refractivity contribution in [3.05, 3.63) is 65.5 Å². The first kappa shape index (κ1) is 18.1. The number of carboxylic acids is 1. The molecule has 1 aromatic carbocycles. The van der Waals surface area contributed by atoms with Gasteiger partial charge in [0, 0.05) is 18.3 Å². The number of rotatable bonds is 7. The maximum atomic E-state index is 13.1. The summed E-state index contributed by atoms with van der Waals surface area (Å²) in [5.41, 5.74) is 1.69. The summed E-state index contributed by atoms with van der Waals surface area (Å²) in [5.74, 6) is -1.85. The maximum Gasteiger partial charge on any atom is 0.313 e. The number of unbranched alkanes of at least 4 members (excludes halogenated alkanes) is 3. The SMILES string of the molecule is CCCCCCN1C(=O)c2ccccc2[C@H](C(=O)O)[C@H]1c1ccccn1. The Balaban J connectivity index is 2.04. The van der Waals surface area contributed by atoms with E-state index in [1.807, 2.05) is 6.07 Å². The van der Waals surface area contributed by atoms with Crippen molar-refractivity contribution in [1.29, 1.82) is 0 Å². The number of hydrogen-bond donors (Lipinski definition) is 1. The fourth-order valence-electron chi connectivity index (χ4n) is 3.69. The van der Waals surface area contributed by atoms with Gasteiger partial charge in [-0.1, -0.05) is 50.5 Å². The highest BCUT2D eigenvalue weighted by Gasteiger charge is 2.44. The van der Waals surface area contributed by atoms with Crippen molar-refractivity contribution < 1.29 is 14.7 Å². The lowest BCUT2D eigenvalue weighted by Gasteiger charge is -2.40. The van der Waals surface area contributed by atoms with E-state index < -0.39 is 17.9 Å². The van der Waals surface area contributed by atoms with Crippen LogP contribution in [0.4, 0.5) is 0 Å². The molecule has 3 rings (SSSR count). The van der Waals surface area contributed by atoms with Crippen molar-refractivity contribution >= 4 is 11.9 Å². The van der Waals surface area contributed by atoms with Crippen molar-refractivity contribution in [3.63, 3.8) is 0 Å². The number of pyridine rings is 1. The molecule has 2 aromatic rings. The minimum absolute atomic E-state index is 0.106. The van der Waals surface area contributed by atoms with Gasteiger partial charge in [0.25, 0.3) is 5.91 Å². The molecule has 0 bridgehead atoms. The number of nitrogens with zero attached hydrogens (tertiary/aromatic N) is 2. The van der Waals surface area contributed by atoms with Crippen molar-refractivity contribution in [2.24, 2.45) is 0 Å². The van der Waals surface area contributed by atoms with Crippen LogP contribution >= 0.6 is 0 Å². The number of fused-ring (bicyclic) bond motifs is 1. The molecule has 0 fully saturated rings. The van der Waals surface area contributed by atoms with Crippen molar-refractivity contribution in [1.82, 2.24) is 9.88 Å². The fraction of sp³-hybridized carbons (Fsp3) is 0.381. The Kier molecular flexibility index (Phi) is 5.66. The van der Waals surface area contributed by atoms with E-state index in [2.05, 4.69) is 11.9 Å². The predicted molar refractivity (Wildman–Crippen MR) is 99.0 cm³/mol. The third-order valence-corrected chi connectivity index (χ3v) is 4.95. The van der Waals surface area contributed by atoms with Gasteiger partial charge in [0.2, 0.25) is 0 Å². The number of carboxylic acid groups (broad SMARTS) is 1. The largest absolute Gasteiger partial charge is 0.481 e. The lowest BCUT2D eigenvalue weighted by molar-refractivity contribution is -0.140. The van der Waals surface area contributed by atoms with Crippen LogP contribution in [0, 0.1) is 0 Å². The molecule has 0 unspecified atom stereocenters. The van der Waals surface area contributed by atoms with Gasteiger partial charge >= 0.3 is 5.97 Å². The zero-order valence-electron chi connectivity index (χ0n) is 15.0. The van der Waals surface area contributed by atoms with Gasteiger partial charge in [0.05, 0.1) is 11.7 Å². The third-order valence-electron chi connectivity index (χ3n) is 4.95. The second-order valence-electron chi connectivity index (χ2n) is 6.66. The number of aliphatic carboxylic acids is 1. The smallest absolute Gasteiger partial charge is 0.313 e. The van der Waals surface area contributed by atoms with Gasteiger partial charge in [0.15, 0.2) is 0 Å². The van der Waals surface area contributed by atoms with Gasteiger partial charge in [-0.15, -0.1) is 0 Å². The van der Waals surface area contributed by atoms with Crippen LogP contribution in [0.2, 0.25) is 0 Å². The molecule has 1 aromatic heterocycles. The molecule has 136 valence electrons. The summed E-state index contributed by atoms with van der Waals surface area (Å²) < 4.78 is 0. The average molecular weight is 352 g/mol. The minimum Gasteiger partial charge on any atom is -0.481 e. The van der Waals surface area contributed by atoms with E-state index in [0.29, 0.717) is 23.4 Å². The Bertz CT molecular complexity index is 776. The molecule has 5 nitrogen and oxygen atoms in total. The zero-order chi connectivity index (χ0) is 18.5. The van der Waals surface area contributed by atoms with Crippen molar-refractivity contribution in [2.45, 2.75) is 44.6 Å². The topological polar surface area (TPSA) is 70.5 Å². The summed E-state index contributed by atoms with van der Waals surface area (Å²) in [4.78, 5) is 31.4. The molecule has 5 heteroatoms. The number of carbonyl (C=O) groups is 2. The summed E-state index contributed by atoms with van der Waals surface area (Å²) in [5, 5.41) is 9.96. The Morgan fingerprint density at radius 1 is 1.12 bits per heavy atom. The van der Waals surface area contributed by atoms with Gasteiger partial charge in [-0.2, -0.15) is 0 Å². The molecule has 0 saturated carbocycles. The van der Waals surface area contributed by atoms with Crippen LogP contribution in [0.15, 0.2) is 48.7 Å². The first-order valence-electron chi connectivity index (χ1n) is 9.18. The number of carbonyl (C=O) groups excluding carboxylic acids is 1. The molecule has 0 saturated heterocycles. The molecule has 1 aliphatic heterocycles. The second-order valence-corrected chi connectivity index (χ2v) is 6.66. The van der Waals surface area contributed by atoms with E-state index in [-0.39, 0.29) is 5.91 Å². The molecular weight excluding hydrogens is 328 g/mol. The van der Waals surface area contributed by atoms with Crippen LogP contribution in [0.25, 0.3) is 0 Å². The first-order chi connectivity index (χ1) is 12.6. The van der Waals surface area contributed by atoms with E-state index in [1.54, 1.807) is 47.5 Å². The normalized spacial score (nSPS) is 19.3. The Hall–Kier alpha value is -2.69. The lowest BCUT2D eigenvalue weighted by Crippen LogP contribution is -2.45. The van der Waals surface area contributed by atoms with E-state index in [1.165, 1.54) is 0 Å². The molecule has 2 atom stereocenters. The quantitative estimate of drug-likeness (QED) is 0.764. The number of amides is 1. The van der Waals surface area contributed by atoms with Crippen LogP contribution < -0.4 is 0 Å². The second kappa shape index (κ2) is 8.13. The summed E-state index contributed by atoms with van der Waals surface area (Å²) in [6, 6.07) is 11.9. The van der Waals surface area contributed by atoms with E-state index in [0.717, 1.165) is 25.7 Å². The van der Waals surface area contributed by atoms with Crippen LogP contribution in [-0.4, -0.2) is 33.4 Å². The molecule has 1 N–H and O–H groups in total. The number of hydrogen-bond acceptors (Lipinski definition) is 3. The lowest BCUT2D eigenvalue weighted by atomic mass is 9.81. The molecule has 1 aliphatic rings. The van der Waals surface area contributed by atoms with Gasteiger partial charge in [-0.25, -0.2) is 0 Å². The van der Waals surface area contributed by atoms with Gasteiger partial charge in [-0.05, 0) is 30.2 Å². The molecule has 2 heterocycles. The van der Waals surface area contributed by atoms with E-state index in [9.17, 15) is 14.7 Å². The highest BCUT2D eigenvalue weighted by atomic mass is 16.4. The molecule has 0 spiro atoms. The Labute approximate surface area is 153 Å². The molecule has 26 heavy (non-hydrogen) atoms. The number of benzene rings is 1. The Morgan fingerprint density at radius 3 is 2.58 bits per heavy atom. The first-order valence-corrected chi connectivity index (χ1v) is 9.18.